The quantitative estimate of drug-likeness (QED) is 0.375. The van der Waals surface area contributed by atoms with Gasteiger partial charge in [-0.15, -0.1) is 0 Å². The molecule has 1 unspecified atom stereocenters. The van der Waals surface area contributed by atoms with Crippen LogP contribution >= 0.6 is 0 Å². The van der Waals surface area contributed by atoms with Crippen LogP contribution in [0.25, 0.3) is 0 Å². The summed E-state index contributed by atoms with van der Waals surface area (Å²) in [5.41, 5.74) is 1.49. The Morgan fingerprint density at radius 1 is 1.13 bits per heavy atom. The summed E-state index contributed by atoms with van der Waals surface area (Å²) in [4.78, 5) is 21.9. The third kappa shape index (κ3) is 8.72. The molecule has 0 spiro atoms. The molecule has 0 aliphatic rings. The molecule has 0 aliphatic heterocycles. The molecule has 0 amide bonds. The average molecular weight is 322 g/mol. The summed E-state index contributed by atoms with van der Waals surface area (Å²) in [6, 6.07) is 7.50. The number of carbonyl (C=O) groups excluding carboxylic acids is 1. The van der Waals surface area contributed by atoms with Crippen molar-refractivity contribution in [3.05, 3.63) is 35.4 Å². The molecule has 4 nitrogen and oxygen atoms in total. The number of benzene rings is 1. The van der Waals surface area contributed by atoms with Crippen molar-refractivity contribution in [2.45, 2.75) is 72.0 Å². The van der Waals surface area contributed by atoms with E-state index in [-0.39, 0.29) is 11.7 Å². The first-order chi connectivity index (χ1) is 10.8. The molecule has 0 aromatic heterocycles. The molecule has 1 aromatic carbocycles. The van der Waals surface area contributed by atoms with Gasteiger partial charge >= 0.3 is 5.97 Å². The molecule has 0 N–H and O–H groups in total. The second-order valence-electron chi connectivity index (χ2n) is 6.86. The first-order valence-electron chi connectivity index (χ1n) is 8.42. The van der Waals surface area contributed by atoms with Crippen LogP contribution in [-0.2, 0) is 20.9 Å². The molecule has 1 aromatic rings. The summed E-state index contributed by atoms with van der Waals surface area (Å²) < 4.78 is 5.58. The Labute approximate surface area is 140 Å². The molecule has 0 radical (unpaired) electrons. The summed E-state index contributed by atoms with van der Waals surface area (Å²) in [7, 11) is 0. The van der Waals surface area contributed by atoms with E-state index >= 15 is 0 Å². The summed E-state index contributed by atoms with van der Waals surface area (Å²) >= 11 is 0. The number of hydrogen-bond acceptors (Lipinski definition) is 4. The Balaban J connectivity index is 2.36. The van der Waals surface area contributed by atoms with Crippen molar-refractivity contribution < 1.29 is 19.3 Å². The lowest BCUT2D eigenvalue weighted by molar-refractivity contribution is -0.282. The largest absolute Gasteiger partial charge is 0.373 e. The highest BCUT2D eigenvalue weighted by Gasteiger charge is 2.15. The topological polar surface area (TPSA) is 44.8 Å². The van der Waals surface area contributed by atoms with Crippen molar-refractivity contribution in [2.24, 2.45) is 0 Å². The van der Waals surface area contributed by atoms with Crippen LogP contribution in [0.1, 0.15) is 69.8 Å². The zero-order valence-corrected chi connectivity index (χ0v) is 15.1. The minimum Gasteiger partial charge on any atom is -0.373 e. The number of ether oxygens (including phenoxy) is 1. The number of carbonyl (C=O) groups is 1. The fraction of sp³-hybridized carbons (Fsp3) is 0.632. The molecule has 0 aliphatic carbocycles. The Kier molecular flexibility index (Phi) is 8.28. The van der Waals surface area contributed by atoms with Crippen molar-refractivity contribution in [1.29, 1.82) is 0 Å². The second kappa shape index (κ2) is 9.68. The molecule has 1 atom stereocenters. The van der Waals surface area contributed by atoms with Crippen molar-refractivity contribution >= 4 is 5.97 Å². The molecular formula is C19H30O4. The lowest BCUT2D eigenvalue weighted by Crippen LogP contribution is -2.27. The number of hydrogen-bond donors (Lipinski definition) is 0. The van der Waals surface area contributed by atoms with E-state index in [9.17, 15) is 4.79 Å². The second-order valence-corrected chi connectivity index (χ2v) is 6.86. The van der Waals surface area contributed by atoms with E-state index in [4.69, 9.17) is 14.5 Å². The first-order valence-corrected chi connectivity index (χ1v) is 8.42. The van der Waals surface area contributed by atoms with E-state index in [0.717, 1.165) is 6.42 Å². The van der Waals surface area contributed by atoms with Gasteiger partial charge in [0.2, 0.25) is 0 Å². The molecule has 0 saturated carbocycles. The fourth-order valence-corrected chi connectivity index (χ4v) is 1.96. The lowest BCUT2D eigenvalue weighted by atomic mass is 10.1. The molecule has 0 fully saturated rings. The standard InChI is InChI=1S/C19H30O4/c1-6-7-8-9-16-10-12-17(13-11-16)18(20)23-22-15(2)14-21-19(3,4)5/h10-13,15H,6-9,14H2,1-5H3. The van der Waals surface area contributed by atoms with Crippen LogP contribution in [0.15, 0.2) is 24.3 Å². The molecule has 0 bridgehead atoms. The summed E-state index contributed by atoms with van der Waals surface area (Å²) in [6.07, 6.45) is 4.34. The highest BCUT2D eigenvalue weighted by atomic mass is 17.2. The maximum Gasteiger partial charge on any atom is 0.373 e. The lowest BCUT2D eigenvalue weighted by Gasteiger charge is -2.21. The van der Waals surface area contributed by atoms with Crippen LogP contribution in [0.4, 0.5) is 0 Å². The molecule has 130 valence electrons. The van der Waals surface area contributed by atoms with Gasteiger partial charge in [-0.3, -0.25) is 4.89 Å². The van der Waals surface area contributed by atoms with Crippen LogP contribution in [0.3, 0.4) is 0 Å². The maximum absolute atomic E-state index is 11.9. The van der Waals surface area contributed by atoms with E-state index in [1.165, 1.54) is 24.8 Å². The van der Waals surface area contributed by atoms with Crippen LogP contribution < -0.4 is 0 Å². The van der Waals surface area contributed by atoms with Gasteiger partial charge in [-0.2, -0.15) is 4.89 Å². The van der Waals surface area contributed by atoms with Crippen molar-refractivity contribution in [3.8, 4) is 0 Å². The Morgan fingerprint density at radius 2 is 1.78 bits per heavy atom. The van der Waals surface area contributed by atoms with Gasteiger partial charge in [0, 0.05) is 0 Å². The third-order valence-electron chi connectivity index (χ3n) is 3.30. The van der Waals surface area contributed by atoms with E-state index in [1.54, 1.807) is 19.1 Å². The van der Waals surface area contributed by atoms with E-state index in [2.05, 4.69) is 6.92 Å². The highest BCUT2D eigenvalue weighted by Crippen LogP contribution is 2.11. The van der Waals surface area contributed by atoms with Gasteiger partial charge in [0.15, 0.2) is 0 Å². The molecule has 23 heavy (non-hydrogen) atoms. The minimum absolute atomic E-state index is 0.241. The summed E-state index contributed by atoms with van der Waals surface area (Å²) in [5, 5.41) is 0. The minimum atomic E-state index is -0.479. The molecule has 0 heterocycles. The van der Waals surface area contributed by atoms with Crippen LogP contribution in [0, 0.1) is 0 Å². The van der Waals surface area contributed by atoms with E-state index in [0.29, 0.717) is 12.2 Å². The Hall–Kier alpha value is -1.39. The normalized spacial score (nSPS) is 12.9. The van der Waals surface area contributed by atoms with Gasteiger partial charge in [-0.05, 0) is 58.2 Å². The predicted octanol–water partition coefficient (Wildman–Crippen LogP) is 4.71. The van der Waals surface area contributed by atoms with Crippen LogP contribution in [0.2, 0.25) is 0 Å². The fourth-order valence-electron chi connectivity index (χ4n) is 1.96. The van der Waals surface area contributed by atoms with Gasteiger partial charge in [-0.25, -0.2) is 4.79 Å². The monoisotopic (exact) mass is 322 g/mol. The molecule has 1 rings (SSSR count). The Morgan fingerprint density at radius 3 is 2.35 bits per heavy atom. The Bertz CT molecular complexity index is 459. The zero-order chi connectivity index (χ0) is 17.3. The first kappa shape index (κ1) is 19.7. The van der Waals surface area contributed by atoms with Crippen molar-refractivity contribution in [1.82, 2.24) is 0 Å². The zero-order valence-electron chi connectivity index (χ0n) is 15.1. The van der Waals surface area contributed by atoms with E-state index in [1.807, 2.05) is 32.9 Å². The number of aryl methyl sites for hydroxylation is 1. The SMILES string of the molecule is CCCCCc1ccc(C(=O)OOC(C)COC(C)(C)C)cc1. The third-order valence-corrected chi connectivity index (χ3v) is 3.30. The van der Waals surface area contributed by atoms with Crippen LogP contribution in [0.5, 0.6) is 0 Å². The van der Waals surface area contributed by atoms with Gasteiger partial charge < -0.3 is 4.74 Å². The van der Waals surface area contributed by atoms with Gasteiger partial charge in [0.05, 0.1) is 17.8 Å². The van der Waals surface area contributed by atoms with Gasteiger partial charge in [0.1, 0.15) is 6.10 Å². The number of unbranched alkanes of at least 4 members (excludes halogenated alkanes) is 2. The predicted molar refractivity (Wildman–Crippen MR) is 91.3 cm³/mol. The van der Waals surface area contributed by atoms with Gasteiger partial charge in [0.25, 0.3) is 0 Å². The smallest absolute Gasteiger partial charge is 0.373 e. The summed E-state index contributed by atoms with van der Waals surface area (Å²) in [6.45, 7) is 10.3. The maximum atomic E-state index is 11.9. The molecule has 4 heteroatoms. The number of rotatable bonds is 9. The average Bonchev–Trinajstić information content (AvgIpc) is 2.51. The van der Waals surface area contributed by atoms with Crippen molar-refractivity contribution in [3.63, 3.8) is 0 Å². The molecular weight excluding hydrogens is 292 g/mol. The van der Waals surface area contributed by atoms with Crippen LogP contribution in [-0.4, -0.2) is 24.3 Å². The van der Waals surface area contributed by atoms with Gasteiger partial charge in [-0.1, -0.05) is 31.9 Å². The van der Waals surface area contributed by atoms with Crippen molar-refractivity contribution in [2.75, 3.05) is 6.61 Å². The van der Waals surface area contributed by atoms with E-state index < -0.39 is 5.97 Å². The summed E-state index contributed by atoms with van der Waals surface area (Å²) in [5.74, 6) is -0.479. The highest BCUT2D eigenvalue weighted by molar-refractivity contribution is 5.88. The molecule has 0 saturated heterocycles.